The zero-order chi connectivity index (χ0) is 23.7. The summed E-state index contributed by atoms with van der Waals surface area (Å²) in [7, 11) is 0. The summed E-state index contributed by atoms with van der Waals surface area (Å²) in [6, 6.07) is 13.6. The Labute approximate surface area is 192 Å². The zero-order valence-electron chi connectivity index (χ0n) is 17.8. The van der Waals surface area contributed by atoms with Gasteiger partial charge in [-0.2, -0.15) is 0 Å². The van der Waals surface area contributed by atoms with Gasteiger partial charge in [0.1, 0.15) is 17.4 Å². The fourth-order valence-corrected chi connectivity index (χ4v) is 4.04. The minimum atomic E-state index is -0.923. The number of fused-ring (bicyclic) bond motifs is 2. The molecule has 0 saturated carbocycles. The molecule has 6 nitrogen and oxygen atoms in total. The van der Waals surface area contributed by atoms with Crippen LogP contribution >= 0.6 is 0 Å². The number of carbonyl (C=O) groups excluding carboxylic acids is 2. The van der Waals surface area contributed by atoms with Crippen LogP contribution in [0.1, 0.15) is 33.8 Å². The van der Waals surface area contributed by atoms with Gasteiger partial charge in [-0.15, -0.1) is 0 Å². The van der Waals surface area contributed by atoms with E-state index in [-0.39, 0.29) is 5.69 Å². The lowest BCUT2D eigenvalue weighted by molar-refractivity contribution is -0.119. The number of rotatable bonds is 5. The minimum Gasteiger partial charge on any atom is -0.465 e. The number of halogens is 2. The van der Waals surface area contributed by atoms with Crippen LogP contribution in [-0.2, 0) is 16.0 Å². The van der Waals surface area contributed by atoms with E-state index in [1.54, 1.807) is 30.5 Å². The zero-order valence-corrected chi connectivity index (χ0v) is 17.8. The van der Waals surface area contributed by atoms with Gasteiger partial charge in [0, 0.05) is 11.5 Å². The van der Waals surface area contributed by atoms with Crippen molar-refractivity contribution in [3.05, 3.63) is 95.1 Å². The van der Waals surface area contributed by atoms with Crippen LogP contribution in [-0.4, -0.2) is 23.5 Å². The number of nitrogens with zero attached hydrogens (tertiary/aromatic N) is 1. The number of furan rings is 1. The van der Waals surface area contributed by atoms with Crippen LogP contribution in [0.2, 0.25) is 0 Å². The van der Waals surface area contributed by atoms with E-state index in [9.17, 15) is 18.4 Å². The summed E-state index contributed by atoms with van der Waals surface area (Å²) in [6.07, 6.45) is 4.73. The number of hydrogen-bond acceptors (Lipinski definition) is 5. The molecule has 1 amide bonds. The fourth-order valence-electron chi connectivity index (χ4n) is 4.04. The van der Waals surface area contributed by atoms with E-state index in [1.807, 2.05) is 18.2 Å². The molecule has 0 bridgehead atoms. The van der Waals surface area contributed by atoms with E-state index in [0.29, 0.717) is 46.8 Å². The molecule has 0 aliphatic heterocycles. The number of nitrogens with one attached hydrogen (secondary N) is 1. The number of ether oxygens (including phenoxy) is 1. The van der Waals surface area contributed by atoms with Crippen molar-refractivity contribution in [3.8, 4) is 0 Å². The Bertz CT molecular complexity index is 1440. The predicted octanol–water partition coefficient (Wildman–Crippen LogP) is 5.39. The van der Waals surface area contributed by atoms with Gasteiger partial charge in [0.05, 0.1) is 28.7 Å². The molecule has 0 saturated heterocycles. The number of aromatic nitrogens is 1. The summed E-state index contributed by atoms with van der Waals surface area (Å²) in [4.78, 5) is 30.1. The SMILES string of the molecule is O=C(COC(=O)c1c2c(nc3ccccc13)C(=Cc1ccco1)CC2)Nc1ccc(F)cc1F. The number of benzene rings is 2. The lowest BCUT2D eigenvalue weighted by Gasteiger charge is -2.12. The van der Waals surface area contributed by atoms with Gasteiger partial charge >= 0.3 is 5.97 Å². The summed E-state index contributed by atoms with van der Waals surface area (Å²) >= 11 is 0. The summed E-state index contributed by atoms with van der Waals surface area (Å²) in [5.74, 6) is -2.42. The lowest BCUT2D eigenvalue weighted by atomic mass is 10.0. The smallest absolute Gasteiger partial charge is 0.339 e. The van der Waals surface area contributed by atoms with E-state index in [1.165, 1.54) is 0 Å². The molecule has 0 atom stereocenters. The van der Waals surface area contributed by atoms with Crippen LogP contribution in [0, 0.1) is 11.6 Å². The molecule has 4 aromatic rings. The minimum absolute atomic E-state index is 0.203. The van der Waals surface area contributed by atoms with E-state index >= 15 is 0 Å². The van der Waals surface area contributed by atoms with Crippen molar-refractivity contribution in [1.82, 2.24) is 4.98 Å². The molecular weight excluding hydrogens is 442 g/mol. The summed E-state index contributed by atoms with van der Waals surface area (Å²) < 4.78 is 37.6. The molecule has 1 aliphatic carbocycles. The first kappa shape index (κ1) is 21.5. The van der Waals surface area contributed by atoms with Crippen LogP contribution < -0.4 is 5.32 Å². The Kier molecular flexibility index (Phi) is 5.63. The Balaban J connectivity index is 1.42. The number of para-hydroxylation sites is 1. The molecular formula is C26H18F2N2O4. The Morgan fingerprint density at radius 2 is 1.94 bits per heavy atom. The van der Waals surface area contributed by atoms with Crippen molar-refractivity contribution in [2.75, 3.05) is 11.9 Å². The molecule has 5 rings (SSSR count). The van der Waals surface area contributed by atoms with Gasteiger partial charge in [0.15, 0.2) is 6.61 Å². The van der Waals surface area contributed by atoms with Crippen molar-refractivity contribution < 1.29 is 27.5 Å². The maximum absolute atomic E-state index is 13.8. The van der Waals surface area contributed by atoms with Gasteiger partial charge in [-0.3, -0.25) is 4.79 Å². The van der Waals surface area contributed by atoms with Crippen LogP contribution in [0.3, 0.4) is 0 Å². The highest BCUT2D eigenvalue weighted by Gasteiger charge is 2.28. The quantitative estimate of drug-likeness (QED) is 0.404. The van der Waals surface area contributed by atoms with Gasteiger partial charge < -0.3 is 14.5 Å². The maximum Gasteiger partial charge on any atom is 0.339 e. The highest BCUT2D eigenvalue weighted by molar-refractivity contribution is 6.08. The van der Waals surface area contributed by atoms with Crippen molar-refractivity contribution >= 4 is 40.1 Å². The first-order valence-electron chi connectivity index (χ1n) is 10.6. The second-order valence-electron chi connectivity index (χ2n) is 7.76. The third-order valence-electron chi connectivity index (χ3n) is 5.55. The number of esters is 1. The first-order valence-corrected chi connectivity index (χ1v) is 10.6. The molecule has 2 heterocycles. The second-order valence-corrected chi connectivity index (χ2v) is 7.76. The van der Waals surface area contributed by atoms with Gasteiger partial charge in [-0.05, 0) is 60.4 Å². The van der Waals surface area contributed by atoms with Crippen molar-refractivity contribution in [1.29, 1.82) is 0 Å². The van der Waals surface area contributed by atoms with Crippen LogP contribution in [0.4, 0.5) is 14.5 Å². The normalized spacial score (nSPS) is 13.8. The molecule has 170 valence electrons. The topological polar surface area (TPSA) is 81.4 Å². The summed E-state index contributed by atoms with van der Waals surface area (Å²) in [5.41, 5.74) is 3.15. The second kappa shape index (κ2) is 8.90. The van der Waals surface area contributed by atoms with Crippen molar-refractivity contribution in [2.24, 2.45) is 0 Å². The highest BCUT2D eigenvalue weighted by atomic mass is 19.1. The lowest BCUT2D eigenvalue weighted by Crippen LogP contribution is -2.22. The molecule has 0 spiro atoms. The number of carbonyl (C=O) groups is 2. The number of anilines is 1. The van der Waals surface area contributed by atoms with Crippen LogP contribution in [0.25, 0.3) is 22.6 Å². The molecule has 1 N–H and O–H groups in total. The van der Waals surface area contributed by atoms with E-state index in [4.69, 9.17) is 14.1 Å². The van der Waals surface area contributed by atoms with Gasteiger partial charge in [-0.1, -0.05) is 18.2 Å². The predicted molar refractivity (Wildman–Crippen MR) is 122 cm³/mol. The van der Waals surface area contributed by atoms with Gasteiger partial charge in [0.2, 0.25) is 0 Å². The molecule has 2 aromatic heterocycles. The Morgan fingerprint density at radius 1 is 1.09 bits per heavy atom. The average molecular weight is 460 g/mol. The molecule has 1 aliphatic rings. The van der Waals surface area contributed by atoms with E-state index < -0.39 is 30.1 Å². The molecule has 0 unspecified atom stereocenters. The number of pyridine rings is 1. The highest BCUT2D eigenvalue weighted by Crippen LogP contribution is 2.37. The molecule has 0 radical (unpaired) electrons. The van der Waals surface area contributed by atoms with Gasteiger partial charge in [0.25, 0.3) is 5.91 Å². The fraction of sp³-hybridized carbons (Fsp3) is 0.115. The summed E-state index contributed by atoms with van der Waals surface area (Å²) in [5, 5.41) is 2.90. The van der Waals surface area contributed by atoms with Crippen molar-refractivity contribution in [3.63, 3.8) is 0 Å². The molecule has 34 heavy (non-hydrogen) atoms. The average Bonchev–Trinajstić information content (AvgIpc) is 3.48. The van der Waals surface area contributed by atoms with Gasteiger partial charge in [-0.25, -0.2) is 18.6 Å². The molecule has 0 fully saturated rings. The first-order chi connectivity index (χ1) is 16.5. The van der Waals surface area contributed by atoms with Crippen LogP contribution in [0.15, 0.2) is 65.3 Å². The van der Waals surface area contributed by atoms with E-state index in [2.05, 4.69) is 5.32 Å². The number of amides is 1. The van der Waals surface area contributed by atoms with E-state index in [0.717, 1.165) is 23.3 Å². The third-order valence-corrected chi connectivity index (χ3v) is 5.55. The number of allylic oxidation sites excluding steroid dienone is 1. The third kappa shape index (κ3) is 4.17. The number of hydrogen-bond donors (Lipinski definition) is 1. The Morgan fingerprint density at radius 3 is 2.74 bits per heavy atom. The molecule has 2 aromatic carbocycles. The maximum atomic E-state index is 13.8. The van der Waals surface area contributed by atoms with Crippen LogP contribution in [0.5, 0.6) is 0 Å². The Hall–Kier alpha value is -4.33. The largest absolute Gasteiger partial charge is 0.465 e. The standard InChI is InChI=1S/C26H18F2N2O4/c27-16-8-10-22(20(28)13-16)29-23(31)14-34-26(32)24-18-5-1-2-6-21(18)30-25-15(7-9-19(24)25)12-17-4-3-11-33-17/h1-6,8,10-13H,7,9,14H2,(H,29,31). The van der Waals surface area contributed by atoms with Crippen molar-refractivity contribution in [2.45, 2.75) is 12.8 Å². The molecule has 8 heteroatoms. The monoisotopic (exact) mass is 460 g/mol. The summed E-state index contributed by atoms with van der Waals surface area (Å²) in [6.45, 7) is -0.629.